The molecule has 0 aromatic heterocycles. The summed E-state index contributed by atoms with van der Waals surface area (Å²) in [5, 5.41) is 0. The standard InChI is InChI=1S/C14H28N2O/c1-16(12-6-2-5-11-15)14(17)10-9-13-7-3-4-8-13/h13H,2-12,15H2,1H3. The van der Waals surface area contributed by atoms with E-state index >= 15 is 0 Å². The maximum atomic E-state index is 11.9. The van der Waals surface area contributed by atoms with Gasteiger partial charge in [0, 0.05) is 20.0 Å². The largest absolute Gasteiger partial charge is 0.346 e. The predicted molar refractivity (Wildman–Crippen MR) is 71.7 cm³/mol. The molecule has 1 fully saturated rings. The van der Waals surface area contributed by atoms with Crippen molar-refractivity contribution in [1.29, 1.82) is 0 Å². The minimum atomic E-state index is 0.324. The van der Waals surface area contributed by atoms with E-state index in [1.54, 1.807) is 0 Å². The molecule has 0 spiro atoms. The predicted octanol–water partition coefficient (Wildman–Crippen LogP) is 2.54. The molecule has 0 atom stereocenters. The number of nitrogens with zero attached hydrogens (tertiary/aromatic N) is 1. The van der Waals surface area contributed by atoms with Gasteiger partial charge in [0.2, 0.25) is 5.91 Å². The molecule has 0 saturated heterocycles. The first kappa shape index (κ1) is 14.5. The van der Waals surface area contributed by atoms with Crippen molar-refractivity contribution in [3.8, 4) is 0 Å². The molecule has 0 aliphatic heterocycles. The van der Waals surface area contributed by atoms with Crippen LogP contribution < -0.4 is 5.73 Å². The molecular weight excluding hydrogens is 212 g/mol. The Hall–Kier alpha value is -0.570. The van der Waals surface area contributed by atoms with Gasteiger partial charge in [0.05, 0.1) is 0 Å². The zero-order valence-electron chi connectivity index (χ0n) is 11.3. The topological polar surface area (TPSA) is 46.3 Å². The van der Waals surface area contributed by atoms with Crippen LogP contribution in [0.5, 0.6) is 0 Å². The Balaban J connectivity index is 2.04. The molecule has 0 heterocycles. The lowest BCUT2D eigenvalue weighted by Gasteiger charge is -2.18. The van der Waals surface area contributed by atoms with Gasteiger partial charge in [-0.05, 0) is 31.7 Å². The SMILES string of the molecule is CN(CCCCCN)C(=O)CCC1CCCC1. The molecule has 0 radical (unpaired) electrons. The van der Waals surface area contributed by atoms with Crippen LogP contribution in [0.3, 0.4) is 0 Å². The summed E-state index contributed by atoms with van der Waals surface area (Å²) in [7, 11) is 1.93. The van der Waals surface area contributed by atoms with E-state index in [0.717, 1.165) is 51.1 Å². The van der Waals surface area contributed by atoms with Crippen LogP contribution in [0.4, 0.5) is 0 Å². The summed E-state index contributed by atoms with van der Waals surface area (Å²) in [6.45, 7) is 1.66. The molecule has 1 amide bonds. The molecule has 0 unspecified atom stereocenters. The lowest BCUT2D eigenvalue weighted by atomic mass is 10.0. The van der Waals surface area contributed by atoms with Gasteiger partial charge in [0.15, 0.2) is 0 Å². The quantitative estimate of drug-likeness (QED) is 0.663. The van der Waals surface area contributed by atoms with E-state index in [9.17, 15) is 4.79 Å². The zero-order chi connectivity index (χ0) is 12.5. The Kier molecular flexibility index (Phi) is 7.25. The molecule has 3 nitrogen and oxygen atoms in total. The van der Waals surface area contributed by atoms with Gasteiger partial charge in [-0.2, -0.15) is 0 Å². The van der Waals surface area contributed by atoms with Crippen LogP contribution in [0.1, 0.15) is 57.8 Å². The van der Waals surface area contributed by atoms with Crippen molar-refractivity contribution in [3.63, 3.8) is 0 Å². The molecule has 1 rings (SSSR count). The summed E-state index contributed by atoms with van der Waals surface area (Å²) >= 11 is 0. The highest BCUT2D eigenvalue weighted by molar-refractivity contribution is 5.75. The van der Waals surface area contributed by atoms with Gasteiger partial charge in [0.1, 0.15) is 0 Å². The van der Waals surface area contributed by atoms with Crippen LogP contribution in [0.15, 0.2) is 0 Å². The second-order valence-electron chi connectivity index (χ2n) is 5.35. The third kappa shape index (κ3) is 6.06. The number of amides is 1. The summed E-state index contributed by atoms with van der Waals surface area (Å²) in [6, 6.07) is 0. The molecular formula is C14H28N2O. The van der Waals surface area contributed by atoms with E-state index in [0.29, 0.717) is 5.91 Å². The number of rotatable bonds is 8. The fraction of sp³-hybridized carbons (Fsp3) is 0.929. The summed E-state index contributed by atoms with van der Waals surface area (Å²) in [6.07, 6.45) is 10.6. The monoisotopic (exact) mass is 240 g/mol. The van der Waals surface area contributed by atoms with E-state index in [2.05, 4.69) is 0 Å². The maximum absolute atomic E-state index is 11.9. The molecule has 1 aliphatic carbocycles. The van der Waals surface area contributed by atoms with Crippen LogP contribution in [0.25, 0.3) is 0 Å². The molecule has 17 heavy (non-hydrogen) atoms. The average molecular weight is 240 g/mol. The number of nitrogens with two attached hydrogens (primary N) is 1. The third-order valence-corrected chi connectivity index (χ3v) is 3.86. The molecule has 100 valence electrons. The highest BCUT2D eigenvalue weighted by Gasteiger charge is 2.17. The van der Waals surface area contributed by atoms with Gasteiger partial charge < -0.3 is 10.6 Å². The van der Waals surface area contributed by atoms with Crippen LogP contribution in [-0.2, 0) is 4.79 Å². The Morgan fingerprint density at radius 2 is 1.94 bits per heavy atom. The van der Waals surface area contributed by atoms with Gasteiger partial charge in [-0.3, -0.25) is 4.79 Å². The average Bonchev–Trinajstić information content (AvgIpc) is 2.84. The minimum absolute atomic E-state index is 0.324. The number of carbonyl (C=O) groups excluding carboxylic acids is 1. The van der Waals surface area contributed by atoms with Crippen molar-refractivity contribution in [2.75, 3.05) is 20.1 Å². The van der Waals surface area contributed by atoms with Gasteiger partial charge in [-0.1, -0.05) is 32.1 Å². The van der Waals surface area contributed by atoms with Crippen LogP contribution in [0, 0.1) is 5.92 Å². The van der Waals surface area contributed by atoms with E-state index in [-0.39, 0.29) is 0 Å². The second kappa shape index (κ2) is 8.51. The number of unbranched alkanes of at least 4 members (excludes halogenated alkanes) is 2. The van der Waals surface area contributed by atoms with Gasteiger partial charge in [-0.25, -0.2) is 0 Å². The van der Waals surface area contributed by atoms with E-state index in [4.69, 9.17) is 5.73 Å². The normalized spacial score (nSPS) is 16.4. The Morgan fingerprint density at radius 1 is 1.24 bits per heavy atom. The second-order valence-corrected chi connectivity index (χ2v) is 5.35. The van der Waals surface area contributed by atoms with Crippen molar-refractivity contribution in [3.05, 3.63) is 0 Å². The number of carbonyl (C=O) groups is 1. The molecule has 1 saturated carbocycles. The Labute approximate surface area is 106 Å². The Bertz CT molecular complexity index is 212. The molecule has 0 aromatic rings. The number of hydrogen-bond donors (Lipinski definition) is 1. The maximum Gasteiger partial charge on any atom is 0.222 e. The fourth-order valence-corrected chi connectivity index (χ4v) is 2.61. The van der Waals surface area contributed by atoms with Crippen LogP contribution in [0.2, 0.25) is 0 Å². The lowest BCUT2D eigenvalue weighted by Crippen LogP contribution is -2.27. The molecule has 1 aliphatic rings. The molecule has 3 heteroatoms. The molecule has 0 aromatic carbocycles. The van der Waals surface area contributed by atoms with Crippen molar-refractivity contribution in [2.24, 2.45) is 11.7 Å². The van der Waals surface area contributed by atoms with E-state index in [1.165, 1.54) is 25.7 Å². The van der Waals surface area contributed by atoms with Crippen molar-refractivity contribution >= 4 is 5.91 Å². The van der Waals surface area contributed by atoms with Crippen molar-refractivity contribution in [2.45, 2.75) is 57.8 Å². The first-order valence-electron chi connectivity index (χ1n) is 7.18. The summed E-state index contributed by atoms with van der Waals surface area (Å²) in [5.41, 5.74) is 5.44. The lowest BCUT2D eigenvalue weighted by molar-refractivity contribution is -0.130. The van der Waals surface area contributed by atoms with Gasteiger partial charge >= 0.3 is 0 Å². The van der Waals surface area contributed by atoms with Crippen LogP contribution in [-0.4, -0.2) is 30.9 Å². The first-order valence-corrected chi connectivity index (χ1v) is 7.18. The minimum Gasteiger partial charge on any atom is -0.346 e. The summed E-state index contributed by atoms with van der Waals surface area (Å²) < 4.78 is 0. The zero-order valence-corrected chi connectivity index (χ0v) is 11.3. The summed E-state index contributed by atoms with van der Waals surface area (Å²) in [4.78, 5) is 13.8. The highest BCUT2D eigenvalue weighted by atomic mass is 16.2. The molecule has 0 bridgehead atoms. The molecule has 2 N–H and O–H groups in total. The summed E-state index contributed by atoms with van der Waals surface area (Å²) in [5.74, 6) is 1.15. The smallest absolute Gasteiger partial charge is 0.222 e. The van der Waals surface area contributed by atoms with Gasteiger partial charge in [-0.15, -0.1) is 0 Å². The Morgan fingerprint density at radius 3 is 2.59 bits per heavy atom. The third-order valence-electron chi connectivity index (χ3n) is 3.86. The van der Waals surface area contributed by atoms with Crippen molar-refractivity contribution in [1.82, 2.24) is 4.90 Å². The van der Waals surface area contributed by atoms with E-state index in [1.807, 2.05) is 11.9 Å². The highest BCUT2D eigenvalue weighted by Crippen LogP contribution is 2.28. The fourth-order valence-electron chi connectivity index (χ4n) is 2.61. The van der Waals surface area contributed by atoms with Gasteiger partial charge in [0.25, 0.3) is 0 Å². The first-order chi connectivity index (χ1) is 8.24. The number of hydrogen-bond acceptors (Lipinski definition) is 2. The van der Waals surface area contributed by atoms with Crippen LogP contribution >= 0.6 is 0 Å². The van der Waals surface area contributed by atoms with E-state index < -0.39 is 0 Å². The van der Waals surface area contributed by atoms with Crippen molar-refractivity contribution < 1.29 is 4.79 Å².